The van der Waals surface area contributed by atoms with Gasteiger partial charge in [-0.05, 0) is 12.1 Å². The fourth-order valence-electron chi connectivity index (χ4n) is 2.97. The standard InChI is InChI=1S/C17H26N2O2S.CH4O3S/c1-2-4-16(5-3-1)22-17(14-18-6-10-20-11-7-18)15-19-8-12-21-13-9-19;1-5(2,3)4/h1-5,17H,6-15H2;1H3,(H,2,3,4). The van der Waals surface area contributed by atoms with E-state index >= 15 is 0 Å². The molecule has 0 aliphatic carbocycles. The minimum Gasteiger partial charge on any atom is -0.379 e. The number of nitrogens with zero attached hydrogens (tertiary/aromatic N) is 2. The molecule has 1 N–H and O–H groups in total. The van der Waals surface area contributed by atoms with E-state index < -0.39 is 10.1 Å². The molecule has 0 saturated carbocycles. The van der Waals surface area contributed by atoms with Crippen molar-refractivity contribution in [3.05, 3.63) is 30.3 Å². The fourth-order valence-corrected chi connectivity index (χ4v) is 4.24. The van der Waals surface area contributed by atoms with Crippen LogP contribution in [0.1, 0.15) is 0 Å². The number of benzene rings is 1. The molecule has 2 aliphatic heterocycles. The molecule has 0 atom stereocenters. The molecule has 2 heterocycles. The fraction of sp³-hybridized carbons (Fsp3) is 0.667. The first-order chi connectivity index (χ1) is 12.9. The van der Waals surface area contributed by atoms with E-state index in [1.807, 2.05) is 11.8 Å². The average Bonchev–Trinajstić information content (AvgIpc) is 2.63. The first-order valence-electron chi connectivity index (χ1n) is 9.14. The van der Waals surface area contributed by atoms with Gasteiger partial charge in [-0.3, -0.25) is 14.4 Å². The summed E-state index contributed by atoms with van der Waals surface area (Å²) in [5, 5.41) is 0.596. The van der Waals surface area contributed by atoms with Crippen LogP contribution in [0.4, 0.5) is 0 Å². The maximum atomic E-state index is 9.19. The summed E-state index contributed by atoms with van der Waals surface area (Å²) in [6, 6.07) is 10.8. The van der Waals surface area contributed by atoms with Crippen LogP contribution in [-0.2, 0) is 19.6 Å². The lowest BCUT2D eigenvalue weighted by Crippen LogP contribution is -2.46. The zero-order chi connectivity index (χ0) is 19.5. The van der Waals surface area contributed by atoms with Crippen LogP contribution < -0.4 is 0 Å². The van der Waals surface area contributed by atoms with E-state index in [1.165, 1.54) is 4.90 Å². The number of thioether (sulfide) groups is 1. The summed E-state index contributed by atoms with van der Waals surface area (Å²) in [5.74, 6) is 0. The van der Waals surface area contributed by atoms with Crippen LogP contribution in [0.25, 0.3) is 0 Å². The Morgan fingerprint density at radius 1 is 0.963 bits per heavy atom. The zero-order valence-corrected chi connectivity index (χ0v) is 17.5. The van der Waals surface area contributed by atoms with Gasteiger partial charge in [0.15, 0.2) is 0 Å². The largest absolute Gasteiger partial charge is 0.379 e. The average molecular weight is 419 g/mol. The van der Waals surface area contributed by atoms with Gasteiger partial charge in [0.25, 0.3) is 10.1 Å². The van der Waals surface area contributed by atoms with E-state index in [-0.39, 0.29) is 0 Å². The molecule has 2 fully saturated rings. The Hall–Kier alpha value is -0.680. The summed E-state index contributed by atoms with van der Waals surface area (Å²) in [5.41, 5.74) is 0. The minimum absolute atomic E-state index is 0.596. The van der Waals surface area contributed by atoms with Crippen molar-refractivity contribution in [3.8, 4) is 0 Å². The predicted molar refractivity (Wildman–Crippen MR) is 108 cm³/mol. The van der Waals surface area contributed by atoms with Crippen LogP contribution in [0, 0.1) is 0 Å². The Morgan fingerprint density at radius 2 is 1.37 bits per heavy atom. The molecule has 0 spiro atoms. The highest BCUT2D eigenvalue weighted by atomic mass is 32.2. The molecule has 3 rings (SSSR count). The van der Waals surface area contributed by atoms with E-state index in [9.17, 15) is 8.42 Å². The van der Waals surface area contributed by atoms with E-state index in [4.69, 9.17) is 14.0 Å². The molecule has 0 unspecified atom stereocenters. The van der Waals surface area contributed by atoms with E-state index in [0.717, 1.165) is 65.7 Å². The second kappa shape index (κ2) is 12.0. The van der Waals surface area contributed by atoms with Crippen LogP contribution in [-0.4, -0.2) is 100.0 Å². The Morgan fingerprint density at radius 3 is 1.78 bits per heavy atom. The molecular weight excluding hydrogens is 388 g/mol. The Bertz CT molecular complexity index is 590. The minimum atomic E-state index is -3.67. The molecule has 0 aromatic heterocycles. The summed E-state index contributed by atoms with van der Waals surface area (Å²) < 4.78 is 36.8. The van der Waals surface area contributed by atoms with Crippen LogP contribution >= 0.6 is 11.8 Å². The summed E-state index contributed by atoms with van der Waals surface area (Å²) in [7, 11) is -3.67. The smallest absolute Gasteiger partial charge is 0.261 e. The maximum absolute atomic E-state index is 9.19. The third kappa shape index (κ3) is 11.0. The van der Waals surface area contributed by atoms with Crippen molar-refractivity contribution in [1.82, 2.24) is 9.80 Å². The lowest BCUT2D eigenvalue weighted by atomic mass is 10.3. The quantitative estimate of drug-likeness (QED) is 0.547. The SMILES string of the molecule is CS(=O)(=O)O.c1ccc(SC(CN2CCOCC2)CN2CCOCC2)cc1. The summed E-state index contributed by atoms with van der Waals surface area (Å²) in [6.45, 7) is 10.0. The van der Waals surface area contributed by atoms with Gasteiger partial charge in [-0.25, -0.2) is 0 Å². The van der Waals surface area contributed by atoms with Gasteiger partial charge in [0.2, 0.25) is 0 Å². The summed E-state index contributed by atoms with van der Waals surface area (Å²) in [6.07, 6.45) is 0.715. The van der Waals surface area contributed by atoms with E-state index in [0.29, 0.717) is 11.5 Å². The van der Waals surface area contributed by atoms with Gasteiger partial charge in [0.05, 0.1) is 32.7 Å². The topological polar surface area (TPSA) is 79.3 Å². The van der Waals surface area contributed by atoms with Crippen molar-refractivity contribution in [3.63, 3.8) is 0 Å². The van der Waals surface area contributed by atoms with Crippen LogP contribution in [0.15, 0.2) is 35.2 Å². The molecule has 0 radical (unpaired) electrons. The second-order valence-electron chi connectivity index (χ2n) is 6.61. The van der Waals surface area contributed by atoms with E-state index in [2.05, 4.69) is 40.1 Å². The number of ether oxygens (including phenoxy) is 2. The second-order valence-corrected chi connectivity index (χ2v) is 9.45. The van der Waals surface area contributed by atoms with Crippen molar-refractivity contribution in [2.45, 2.75) is 10.1 Å². The van der Waals surface area contributed by atoms with Gasteiger partial charge in [0, 0.05) is 49.4 Å². The van der Waals surface area contributed by atoms with Gasteiger partial charge < -0.3 is 9.47 Å². The van der Waals surface area contributed by atoms with Gasteiger partial charge in [-0.15, -0.1) is 11.8 Å². The normalized spacial score (nSPS) is 19.5. The first kappa shape index (κ1) is 22.6. The third-order valence-corrected chi connectivity index (χ3v) is 5.35. The molecule has 2 aliphatic rings. The Balaban J connectivity index is 0.000000465. The lowest BCUT2D eigenvalue weighted by Gasteiger charge is -2.34. The third-order valence-electron chi connectivity index (χ3n) is 4.18. The molecular formula is C18H30N2O5S2. The Labute approximate surface area is 166 Å². The van der Waals surface area contributed by atoms with Gasteiger partial charge in [-0.1, -0.05) is 18.2 Å². The van der Waals surface area contributed by atoms with Crippen molar-refractivity contribution in [2.75, 3.05) is 72.0 Å². The van der Waals surface area contributed by atoms with Crippen LogP contribution in [0.3, 0.4) is 0 Å². The number of hydrogen-bond donors (Lipinski definition) is 1. The molecule has 2 saturated heterocycles. The van der Waals surface area contributed by atoms with Crippen molar-refractivity contribution >= 4 is 21.9 Å². The molecule has 1 aromatic carbocycles. The molecule has 0 amide bonds. The number of morpholine rings is 2. The molecule has 1 aromatic rings. The van der Waals surface area contributed by atoms with Crippen LogP contribution in [0.2, 0.25) is 0 Å². The molecule has 0 bridgehead atoms. The zero-order valence-electron chi connectivity index (χ0n) is 15.8. The van der Waals surface area contributed by atoms with Crippen molar-refractivity contribution < 1.29 is 22.4 Å². The molecule has 154 valence electrons. The highest BCUT2D eigenvalue weighted by Gasteiger charge is 2.21. The maximum Gasteiger partial charge on any atom is 0.261 e. The lowest BCUT2D eigenvalue weighted by molar-refractivity contribution is 0.0263. The van der Waals surface area contributed by atoms with Gasteiger partial charge in [0.1, 0.15) is 0 Å². The molecule has 7 nitrogen and oxygen atoms in total. The summed E-state index contributed by atoms with van der Waals surface area (Å²) in [4.78, 5) is 6.46. The highest BCUT2D eigenvalue weighted by molar-refractivity contribution is 8.00. The monoisotopic (exact) mass is 418 g/mol. The molecule has 27 heavy (non-hydrogen) atoms. The predicted octanol–water partition coefficient (Wildman–Crippen LogP) is 1.32. The van der Waals surface area contributed by atoms with Gasteiger partial charge >= 0.3 is 0 Å². The number of hydrogen-bond acceptors (Lipinski definition) is 7. The van der Waals surface area contributed by atoms with E-state index in [1.54, 1.807) is 0 Å². The number of rotatable bonds is 6. The van der Waals surface area contributed by atoms with Crippen LogP contribution in [0.5, 0.6) is 0 Å². The first-order valence-corrected chi connectivity index (χ1v) is 11.9. The molecule has 9 heteroatoms. The Kier molecular flexibility index (Phi) is 10.1. The van der Waals surface area contributed by atoms with Crippen molar-refractivity contribution in [1.29, 1.82) is 0 Å². The summed E-state index contributed by atoms with van der Waals surface area (Å²) >= 11 is 2.01. The highest BCUT2D eigenvalue weighted by Crippen LogP contribution is 2.25. The van der Waals surface area contributed by atoms with Gasteiger partial charge in [-0.2, -0.15) is 8.42 Å². The van der Waals surface area contributed by atoms with Crippen molar-refractivity contribution in [2.24, 2.45) is 0 Å².